The molecule has 3 aromatic rings. The third kappa shape index (κ3) is 4.71. The summed E-state index contributed by atoms with van der Waals surface area (Å²) in [6.07, 6.45) is -4.27. The molecule has 2 aromatic heterocycles. The summed E-state index contributed by atoms with van der Waals surface area (Å²) in [5, 5.41) is 3.79. The lowest BCUT2D eigenvalue weighted by Gasteiger charge is -2.34. The minimum atomic E-state index is -4.41. The highest BCUT2D eigenvalue weighted by atomic mass is 32.1. The number of benzene rings is 1. The molecule has 0 aliphatic carbocycles. The van der Waals surface area contributed by atoms with E-state index in [1.165, 1.54) is 24.3 Å². The quantitative estimate of drug-likeness (QED) is 0.565. The molecule has 0 amide bonds. The van der Waals surface area contributed by atoms with E-state index in [2.05, 4.69) is 20.2 Å². The lowest BCUT2D eigenvalue weighted by molar-refractivity contribution is -0.134. The molecule has 160 valence electrons. The molecule has 0 saturated carbocycles. The Hall–Kier alpha value is -2.30. The van der Waals surface area contributed by atoms with Crippen LogP contribution in [0, 0.1) is 5.82 Å². The van der Waals surface area contributed by atoms with Gasteiger partial charge < -0.3 is 10.1 Å². The van der Waals surface area contributed by atoms with Crippen LogP contribution in [0.25, 0.3) is 10.9 Å². The number of nitrogens with one attached hydrogen (secondary N) is 1. The first-order chi connectivity index (χ1) is 14.2. The van der Waals surface area contributed by atoms with Gasteiger partial charge in [-0.3, -0.25) is 4.90 Å². The van der Waals surface area contributed by atoms with Gasteiger partial charge in [-0.05, 0) is 38.1 Å². The molecule has 5 nitrogen and oxygen atoms in total. The number of alkyl halides is 3. The van der Waals surface area contributed by atoms with Gasteiger partial charge >= 0.3 is 6.18 Å². The van der Waals surface area contributed by atoms with Gasteiger partial charge in [-0.15, -0.1) is 11.3 Å². The number of anilines is 2. The van der Waals surface area contributed by atoms with Crippen molar-refractivity contribution in [3.8, 4) is 0 Å². The van der Waals surface area contributed by atoms with E-state index in [0.29, 0.717) is 58.5 Å². The summed E-state index contributed by atoms with van der Waals surface area (Å²) in [4.78, 5) is 10.5. The minimum Gasteiger partial charge on any atom is -0.373 e. The number of halogens is 4. The zero-order valence-corrected chi connectivity index (χ0v) is 17.1. The van der Waals surface area contributed by atoms with Gasteiger partial charge in [0.2, 0.25) is 0 Å². The fourth-order valence-electron chi connectivity index (χ4n) is 3.60. The maximum absolute atomic E-state index is 13.8. The molecule has 30 heavy (non-hydrogen) atoms. The van der Waals surface area contributed by atoms with Crippen LogP contribution < -0.4 is 5.32 Å². The van der Waals surface area contributed by atoms with Crippen molar-refractivity contribution in [1.29, 1.82) is 0 Å². The van der Waals surface area contributed by atoms with Crippen LogP contribution >= 0.6 is 11.3 Å². The summed E-state index contributed by atoms with van der Waals surface area (Å²) >= 11 is 0.591. The van der Waals surface area contributed by atoms with E-state index in [9.17, 15) is 17.6 Å². The molecular formula is C20H20F4N4OS. The van der Waals surface area contributed by atoms with Crippen molar-refractivity contribution < 1.29 is 22.3 Å². The fourth-order valence-corrected chi connectivity index (χ4v) is 4.38. The second-order valence-electron chi connectivity index (χ2n) is 7.39. The van der Waals surface area contributed by atoms with Gasteiger partial charge in [0.25, 0.3) is 0 Å². The van der Waals surface area contributed by atoms with E-state index < -0.39 is 16.9 Å². The molecule has 1 N–H and O–H groups in total. The second-order valence-corrected chi connectivity index (χ2v) is 8.47. The number of hydrogen-bond acceptors (Lipinski definition) is 6. The number of fused-ring (bicyclic) bond motifs is 1. The predicted octanol–water partition coefficient (Wildman–Crippen LogP) is 5.20. The Balaban J connectivity index is 1.66. The van der Waals surface area contributed by atoms with Crippen LogP contribution in [-0.2, 0) is 17.5 Å². The van der Waals surface area contributed by atoms with Crippen LogP contribution in [0.3, 0.4) is 0 Å². The SMILES string of the molecule is CC1CN(Cc2nc(Nc3ccc(C(F)(F)F)s3)c3ccc(F)cc3n2)CC(C)O1. The van der Waals surface area contributed by atoms with Crippen LogP contribution in [0.15, 0.2) is 30.3 Å². The van der Waals surface area contributed by atoms with Crippen LogP contribution in [0.4, 0.5) is 28.4 Å². The molecule has 1 fully saturated rings. The summed E-state index contributed by atoms with van der Waals surface area (Å²) in [6, 6.07) is 6.47. The summed E-state index contributed by atoms with van der Waals surface area (Å²) < 4.78 is 58.3. The monoisotopic (exact) mass is 440 g/mol. The van der Waals surface area contributed by atoms with Gasteiger partial charge in [-0.25, -0.2) is 14.4 Å². The average Bonchev–Trinajstić information content (AvgIpc) is 3.09. The Morgan fingerprint density at radius 1 is 1.13 bits per heavy atom. The van der Waals surface area contributed by atoms with Crippen LogP contribution in [0.1, 0.15) is 24.5 Å². The predicted molar refractivity (Wildman–Crippen MR) is 107 cm³/mol. The van der Waals surface area contributed by atoms with E-state index in [0.717, 1.165) is 6.07 Å². The summed E-state index contributed by atoms with van der Waals surface area (Å²) in [5.41, 5.74) is 0.393. The summed E-state index contributed by atoms with van der Waals surface area (Å²) in [5.74, 6) is 0.367. The molecule has 0 spiro atoms. The molecule has 1 aromatic carbocycles. The molecule has 10 heteroatoms. The van der Waals surface area contributed by atoms with E-state index in [4.69, 9.17) is 4.74 Å². The van der Waals surface area contributed by atoms with Gasteiger partial charge in [0.05, 0.1) is 29.3 Å². The Morgan fingerprint density at radius 3 is 2.53 bits per heavy atom. The second kappa shape index (κ2) is 8.09. The van der Waals surface area contributed by atoms with Gasteiger partial charge in [-0.1, -0.05) is 0 Å². The minimum absolute atomic E-state index is 0.0659. The third-order valence-electron chi connectivity index (χ3n) is 4.69. The Morgan fingerprint density at radius 2 is 1.87 bits per heavy atom. The van der Waals surface area contributed by atoms with E-state index in [1.54, 1.807) is 0 Å². The summed E-state index contributed by atoms with van der Waals surface area (Å²) in [7, 11) is 0. The topological polar surface area (TPSA) is 50.3 Å². The Bertz CT molecular complexity index is 1040. The molecule has 4 rings (SSSR count). The molecular weight excluding hydrogens is 420 g/mol. The largest absolute Gasteiger partial charge is 0.425 e. The van der Waals surface area contributed by atoms with E-state index in [1.807, 2.05) is 13.8 Å². The number of thiophene rings is 1. The van der Waals surface area contributed by atoms with Gasteiger partial charge in [0.1, 0.15) is 22.3 Å². The summed E-state index contributed by atoms with van der Waals surface area (Å²) in [6.45, 7) is 5.81. The van der Waals surface area contributed by atoms with Gasteiger partial charge in [0, 0.05) is 24.5 Å². The average molecular weight is 440 g/mol. The molecule has 1 aliphatic heterocycles. The molecule has 2 unspecified atom stereocenters. The Labute approximate surface area is 174 Å². The first-order valence-corrected chi connectivity index (χ1v) is 10.3. The molecule has 1 aliphatic rings. The lowest BCUT2D eigenvalue weighted by atomic mass is 10.2. The number of rotatable bonds is 4. The van der Waals surface area contributed by atoms with Crippen LogP contribution in [0.5, 0.6) is 0 Å². The van der Waals surface area contributed by atoms with Crippen molar-refractivity contribution >= 4 is 33.1 Å². The zero-order chi connectivity index (χ0) is 21.5. The molecule has 0 radical (unpaired) electrons. The van der Waals surface area contributed by atoms with Crippen molar-refractivity contribution in [3.05, 3.63) is 46.9 Å². The van der Waals surface area contributed by atoms with Crippen molar-refractivity contribution in [2.24, 2.45) is 0 Å². The van der Waals surface area contributed by atoms with Crippen molar-refractivity contribution in [1.82, 2.24) is 14.9 Å². The highest BCUT2D eigenvalue weighted by Crippen LogP contribution is 2.38. The van der Waals surface area contributed by atoms with Gasteiger partial charge in [-0.2, -0.15) is 13.2 Å². The van der Waals surface area contributed by atoms with Crippen molar-refractivity contribution in [3.63, 3.8) is 0 Å². The smallest absolute Gasteiger partial charge is 0.373 e. The molecule has 0 bridgehead atoms. The lowest BCUT2D eigenvalue weighted by Crippen LogP contribution is -2.45. The number of nitrogens with zero attached hydrogens (tertiary/aromatic N) is 3. The maximum Gasteiger partial charge on any atom is 0.425 e. The zero-order valence-electron chi connectivity index (χ0n) is 16.3. The molecule has 3 heterocycles. The highest BCUT2D eigenvalue weighted by Gasteiger charge is 2.32. The molecule has 1 saturated heterocycles. The van der Waals surface area contributed by atoms with E-state index in [-0.39, 0.29) is 12.2 Å². The third-order valence-corrected chi connectivity index (χ3v) is 5.74. The Kier molecular flexibility index (Phi) is 5.65. The van der Waals surface area contributed by atoms with Crippen molar-refractivity contribution in [2.75, 3.05) is 18.4 Å². The first-order valence-electron chi connectivity index (χ1n) is 9.45. The number of ether oxygens (including phenoxy) is 1. The van der Waals surface area contributed by atoms with Gasteiger partial charge in [0.15, 0.2) is 0 Å². The maximum atomic E-state index is 13.8. The van der Waals surface area contributed by atoms with E-state index >= 15 is 0 Å². The van der Waals surface area contributed by atoms with Crippen molar-refractivity contribution in [2.45, 2.75) is 38.8 Å². The molecule has 2 atom stereocenters. The fraction of sp³-hybridized carbons (Fsp3) is 0.400. The van der Waals surface area contributed by atoms with Crippen LogP contribution in [0.2, 0.25) is 0 Å². The van der Waals surface area contributed by atoms with Crippen LogP contribution in [-0.4, -0.2) is 40.2 Å². The standard InChI is InChI=1S/C20H20F4N4OS/c1-11-8-28(9-12(2)29-11)10-17-25-15-7-13(21)3-4-14(15)19(26-17)27-18-6-5-16(30-18)20(22,23)24/h3-7,11-12H,8-10H2,1-2H3,(H,25,26,27). The number of hydrogen-bond donors (Lipinski definition) is 1. The normalized spacial score (nSPS) is 20.6. The first kappa shape index (κ1) is 21.0. The number of morpholine rings is 1. The number of aromatic nitrogens is 2. The highest BCUT2D eigenvalue weighted by molar-refractivity contribution is 7.16.